The third-order valence-corrected chi connectivity index (χ3v) is 4.56. The van der Waals surface area contributed by atoms with Crippen molar-refractivity contribution in [2.45, 2.75) is 19.0 Å². The van der Waals surface area contributed by atoms with Crippen LogP contribution in [0.2, 0.25) is 0 Å². The maximum absolute atomic E-state index is 11.9. The third kappa shape index (κ3) is 3.64. The Hall–Kier alpha value is -2.22. The summed E-state index contributed by atoms with van der Waals surface area (Å²) in [4.78, 5) is 17.9. The number of likely N-dealkylation sites (tertiary alicyclic amines) is 1. The van der Waals surface area contributed by atoms with Gasteiger partial charge in [0, 0.05) is 37.9 Å². The number of anilines is 1. The first-order valence-electron chi connectivity index (χ1n) is 8.10. The summed E-state index contributed by atoms with van der Waals surface area (Å²) >= 11 is 0. The van der Waals surface area contributed by atoms with Crippen LogP contribution in [-0.2, 0) is 6.54 Å². The van der Waals surface area contributed by atoms with E-state index in [1.807, 2.05) is 24.3 Å². The molecule has 24 heavy (non-hydrogen) atoms. The quantitative estimate of drug-likeness (QED) is 0.726. The highest BCUT2D eigenvalue weighted by Crippen LogP contribution is 2.18. The van der Waals surface area contributed by atoms with Gasteiger partial charge in [0.2, 0.25) is 0 Å². The van der Waals surface area contributed by atoms with Crippen LogP contribution in [0.3, 0.4) is 0 Å². The van der Waals surface area contributed by atoms with Gasteiger partial charge in [-0.1, -0.05) is 12.1 Å². The van der Waals surface area contributed by atoms with E-state index in [0.29, 0.717) is 0 Å². The monoisotopic (exact) mass is 329 g/mol. The zero-order chi connectivity index (χ0) is 17.1. The van der Waals surface area contributed by atoms with Crippen molar-refractivity contribution >= 4 is 5.82 Å². The minimum Gasteiger partial charge on any atom is -0.396 e. The lowest BCUT2D eigenvalue weighted by atomic mass is 9.93. The highest BCUT2D eigenvalue weighted by Gasteiger charge is 2.25. The molecule has 0 bridgehead atoms. The third-order valence-electron chi connectivity index (χ3n) is 4.56. The summed E-state index contributed by atoms with van der Waals surface area (Å²) in [6, 6.07) is 9.47. The van der Waals surface area contributed by atoms with Gasteiger partial charge in [-0.2, -0.15) is 4.98 Å². The molecule has 1 fully saturated rings. The van der Waals surface area contributed by atoms with Crippen LogP contribution in [0.15, 0.2) is 41.3 Å². The molecule has 7 nitrogen and oxygen atoms in total. The van der Waals surface area contributed by atoms with E-state index in [1.54, 1.807) is 12.3 Å². The van der Waals surface area contributed by atoms with Crippen molar-refractivity contribution in [3.05, 3.63) is 52.6 Å². The van der Waals surface area contributed by atoms with Crippen LogP contribution >= 0.6 is 0 Å². The van der Waals surface area contributed by atoms with E-state index < -0.39 is 5.69 Å². The smallest absolute Gasteiger partial charge is 0.354 e. The van der Waals surface area contributed by atoms with Gasteiger partial charge in [0.1, 0.15) is 5.82 Å². The van der Waals surface area contributed by atoms with Gasteiger partial charge in [0.25, 0.3) is 0 Å². The number of piperidine rings is 1. The molecule has 0 amide bonds. The first-order valence-corrected chi connectivity index (χ1v) is 8.10. The van der Waals surface area contributed by atoms with Crippen LogP contribution in [0.5, 0.6) is 0 Å². The van der Waals surface area contributed by atoms with Crippen LogP contribution in [0, 0.1) is 5.92 Å². The van der Waals surface area contributed by atoms with E-state index in [0.717, 1.165) is 37.3 Å². The van der Waals surface area contributed by atoms with Crippen molar-refractivity contribution in [3.63, 3.8) is 0 Å². The molecular weight excluding hydrogens is 306 g/mol. The molecule has 2 aromatic rings. The lowest BCUT2D eigenvalue weighted by Crippen LogP contribution is -2.48. The van der Waals surface area contributed by atoms with Gasteiger partial charge < -0.3 is 16.6 Å². The van der Waals surface area contributed by atoms with Gasteiger partial charge in [0.15, 0.2) is 0 Å². The van der Waals surface area contributed by atoms with E-state index in [1.165, 1.54) is 4.57 Å². The van der Waals surface area contributed by atoms with Crippen molar-refractivity contribution < 1.29 is 5.11 Å². The number of aliphatic hydroxyl groups excluding tert-OH is 1. The van der Waals surface area contributed by atoms with Crippen molar-refractivity contribution in [2.75, 3.05) is 25.4 Å². The average Bonchev–Trinajstić information content (AvgIpc) is 2.57. The van der Waals surface area contributed by atoms with Crippen LogP contribution in [-0.4, -0.2) is 45.3 Å². The molecule has 1 aliphatic rings. The van der Waals surface area contributed by atoms with Crippen LogP contribution < -0.4 is 17.2 Å². The van der Waals surface area contributed by atoms with Gasteiger partial charge in [-0.05, 0) is 36.7 Å². The minimum atomic E-state index is -0.390. The molecule has 5 N–H and O–H groups in total. The van der Waals surface area contributed by atoms with Crippen molar-refractivity contribution in [3.8, 4) is 5.69 Å². The normalized spacial score (nSPS) is 21.8. The van der Waals surface area contributed by atoms with Gasteiger partial charge >= 0.3 is 5.69 Å². The second kappa shape index (κ2) is 7.12. The van der Waals surface area contributed by atoms with E-state index >= 15 is 0 Å². The molecule has 128 valence electrons. The lowest BCUT2D eigenvalue weighted by molar-refractivity contribution is 0.0992. The number of hydrogen-bond acceptors (Lipinski definition) is 6. The van der Waals surface area contributed by atoms with E-state index in [-0.39, 0.29) is 24.4 Å². The fourth-order valence-corrected chi connectivity index (χ4v) is 3.10. The summed E-state index contributed by atoms with van der Waals surface area (Å²) in [5.74, 6) is 0.354. The lowest BCUT2D eigenvalue weighted by Gasteiger charge is -2.36. The molecule has 1 aromatic carbocycles. The number of nitrogens with two attached hydrogens (primary N) is 2. The zero-order valence-electron chi connectivity index (χ0n) is 13.5. The second-order valence-corrected chi connectivity index (χ2v) is 6.30. The average molecular weight is 329 g/mol. The Morgan fingerprint density at radius 2 is 2.00 bits per heavy atom. The molecule has 3 rings (SSSR count). The van der Waals surface area contributed by atoms with Crippen molar-refractivity contribution in [1.82, 2.24) is 14.5 Å². The molecule has 0 radical (unpaired) electrons. The molecule has 0 spiro atoms. The predicted octanol–water partition coefficient (Wildman–Crippen LogP) is -0.0438. The Labute approximate surface area is 140 Å². The SMILES string of the molecule is Nc1ccn(-c2ccc(CN3CC[C@@H](N)[C@@H](CO)C3)cc2)c(=O)n1. The van der Waals surface area contributed by atoms with Crippen LogP contribution in [0.1, 0.15) is 12.0 Å². The Kier molecular flexibility index (Phi) is 4.94. The number of aliphatic hydroxyl groups is 1. The minimum absolute atomic E-state index is 0.0820. The Bertz CT molecular complexity index is 743. The van der Waals surface area contributed by atoms with Crippen LogP contribution in [0.25, 0.3) is 5.69 Å². The molecule has 1 aromatic heterocycles. The molecule has 7 heteroatoms. The number of nitrogen functional groups attached to an aromatic ring is 1. The summed E-state index contributed by atoms with van der Waals surface area (Å²) < 4.78 is 1.46. The molecule has 1 aliphatic heterocycles. The van der Waals surface area contributed by atoms with E-state index in [9.17, 15) is 9.90 Å². The topological polar surface area (TPSA) is 110 Å². The summed E-state index contributed by atoms with van der Waals surface area (Å²) in [6.45, 7) is 2.67. The number of benzene rings is 1. The predicted molar refractivity (Wildman–Crippen MR) is 92.7 cm³/mol. The number of rotatable bonds is 4. The van der Waals surface area contributed by atoms with Gasteiger partial charge in [-0.25, -0.2) is 4.79 Å². The summed E-state index contributed by atoms with van der Waals surface area (Å²) in [6.07, 6.45) is 2.52. The Balaban J connectivity index is 1.70. The number of nitrogens with zero attached hydrogens (tertiary/aromatic N) is 3. The first-order chi connectivity index (χ1) is 11.6. The first kappa shape index (κ1) is 16.6. The Morgan fingerprint density at radius 3 is 2.67 bits per heavy atom. The molecular formula is C17H23N5O2. The van der Waals surface area contributed by atoms with E-state index in [4.69, 9.17) is 11.5 Å². The van der Waals surface area contributed by atoms with Gasteiger partial charge in [0.05, 0.1) is 5.69 Å². The van der Waals surface area contributed by atoms with Gasteiger partial charge in [-0.3, -0.25) is 9.47 Å². The summed E-state index contributed by atoms with van der Waals surface area (Å²) in [5, 5.41) is 9.40. The van der Waals surface area contributed by atoms with Crippen LogP contribution in [0.4, 0.5) is 5.82 Å². The van der Waals surface area contributed by atoms with Crippen molar-refractivity contribution in [2.24, 2.45) is 11.7 Å². The molecule has 1 saturated heterocycles. The highest BCUT2D eigenvalue weighted by molar-refractivity contribution is 5.36. The second-order valence-electron chi connectivity index (χ2n) is 6.30. The highest BCUT2D eigenvalue weighted by atomic mass is 16.3. The summed E-state index contributed by atoms with van der Waals surface area (Å²) in [7, 11) is 0. The number of hydrogen-bond donors (Lipinski definition) is 3. The van der Waals surface area contributed by atoms with Crippen molar-refractivity contribution in [1.29, 1.82) is 0 Å². The standard InChI is InChI=1S/C17H23N5O2/c18-15-5-7-21(10-13(15)11-23)9-12-1-3-14(4-2-12)22-8-6-16(19)20-17(22)24/h1-4,6,8,13,15,23H,5,7,9-11,18H2,(H2,19,20,24)/t13-,15-/m1/s1. The molecule has 2 atom stereocenters. The summed E-state index contributed by atoms with van der Waals surface area (Å²) in [5.41, 5.74) is 13.0. The maximum Gasteiger partial charge on any atom is 0.354 e. The van der Waals surface area contributed by atoms with E-state index in [2.05, 4.69) is 9.88 Å². The largest absolute Gasteiger partial charge is 0.396 e. The maximum atomic E-state index is 11.9. The fourth-order valence-electron chi connectivity index (χ4n) is 3.10. The zero-order valence-corrected chi connectivity index (χ0v) is 13.5. The van der Waals surface area contributed by atoms with Gasteiger partial charge in [-0.15, -0.1) is 0 Å². The molecule has 0 unspecified atom stereocenters. The Morgan fingerprint density at radius 1 is 1.25 bits per heavy atom. The fraction of sp³-hybridized carbons (Fsp3) is 0.412. The molecule has 2 heterocycles. The number of aromatic nitrogens is 2. The molecule has 0 aliphatic carbocycles. The molecule has 0 saturated carbocycles.